The van der Waals surface area contributed by atoms with E-state index in [1.165, 1.54) is 12.1 Å². The van der Waals surface area contributed by atoms with Gasteiger partial charge in [0.1, 0.15) is 17.9 Å². The zero-order valence-corrected chi connectivity index (χ0v) is 11.4. The van der Waals surface area contributed by atoms with Crippen molar-refractivity contribution < 1.29 is 18.7 Å². The Balaban J connectivity index is 1.90. The third-order valence-electron chi connectivity index (χ3n) is 2.78. The monoisotopic (exact) mass is 287 g/mol. The molecule has 1 N–H and O–H groups in total. The van der Waals surface area contributed by atoms with Crippen molar-refractivity contribution in [2.45, 2.75) is 6.92 Å². The molecule has 0 aliphatic heterocycles. The summed E-state index contributed by atoms with van der Waals surface area (Å²) in [5.41, 5.74) is 1.41. The van der Waals surface area contributed by atoms with Gasteiger partial charge in [-0.2, -0.15) is 0 Å². The maximum absolute atomic E-state index is 13.6. The first-order valence-electron chi connectivity index (χ1n) is 6.32. The van der Waals surface area contributed by atoms with Crippen LogP contribution in [0, 0.1) is 12.7 Å². The van der Waals surface area contributed by atoms with Crippen molar-refractivity contribution >= 4 is 17.9 Å². The molecular formula is C16H14FNO3. The van der Waals surface area contributed by atoms with E-state index in [2.05, 4.69) is 5.32 Å². The Kier molecular flexibility index (Phi) is 4.66. The van der Waals surface area contributed by atoms with Gasteiger partial charge in [0.15, 0.2) is 6.61 Å². The van der Waals surface area contributed by atoms with Crippen molar-refractivity contribution in [1.29, 1.82) is 0 Å². The Morgan fingerprint density at radius 1 is 1.24 bits per heavy atom. The lowest BCUT2D eigenvalue weighted by Crippen LogP contribution is -2.20. The molecule has 21 heavy (non-hydrogen) atoms. The number of carbonyl (C=O) groups excluding carboxylic acids is 2. The minimum Gasteiger partial charge on any atom is -0.484 e. The van der Waals surface area contributed by atoms with Gasteiger partial charge in [-0.3, -0.25) is 9.59 Å². The molecule has 4 nitrogen and oxygen atoms in total. The molecule has 2 aromatic carbocycles. The van der Waals surface area contributed by atoms with E-state index in [1.54, 1.807) is 37.3 Å². The van der Waals surface area contributed by atoms with Crippen molar-refractivity contribution in [2.75, 3.05) is 11.9 Å². The smallest absolute Gasteiger partial charge is 0.262 e. The maximum Gasteiger partial charge on any atom is 0.262 e. The molecule has 0 heterocycles. The van der Waals surface area contributed by atoms with Gasteiger partial charge in [0.05, 0.1) is 5.69 Å². The normalized spacial score (nSPS) is 10.0. The first kappa shape index (κ1) is 14.7. The van der Waals surface area contributed by atoms with Gasteiger partial charge in [-0.15, -0.1) is 0 Å². The largest absolute Gasteiger partial charge is 0.484 e. The van der Waals surface area contributed by atoms with Crippen LogP contribution in [0.2, 0.25) is 0 Å². The number of aryl methyl sites for hydroxylation is 1. The van der Waals surface area contributed by atoms with E-state index >= 15 is 0 Å². The summed E-state index contributed by atoms with van der Waals surface area (Å²) in [6, 6.07) is 10.9. The molecule has 0 unspecified atom stereocenters. The summed E-state index contributed by atoms with van der Waals surface area (Å²) < 4.78 is 18.8. The molecule has 108 valence electrons. The molecule has 5 heteroatoms. The summed E-state index contributed by atoms with van der Waals surface area (Å²) in [5, 5.41) is 2.44. The number of aldehydes is 1. The number of rotatable bonds is 5. The van der Waals surface area contributed by atoms with Gasteiger partial charge in [0, 0.05) is 5.56 Å². The molecule has 0 radical (unpaired) electrons. The highest BCUT2D eigenvalue weighted by molar-refractivity contribution is 5.92. The highest BCUT2D eigenvalue weighted by atomic mass is 19.1. The molecule has 0 aromatic heterocycles. The second-order valence-corrected chi connectivity index (χ2v) is 4.51. The first-order chi connectivity index (χ1) is 10.1. The van der Waals surface area contributed by atoms with Gasteiger partial charge in [-0.25, -0.2) is 4.39 Å². The zero-order chi connectivity index (χ0) is 15.2. The number of hydrogen-bond donors (Lipinski definition) is 1. The minimum absolute atomic E-state index is 0.116. The first-order valence-corrected chi connectivity index (χ1v) is 6.32. The Hall–Kier alpha value is -2.69. The van der Waals surface area contributed by atoms with E-state index in [9.17, 15) is 14.0 Å². The molecular weight excluding hydrogens is 273 g/mol. The van der Waals surface area contributed by atoms with Crippen LogP contribution in [0.25, 0.3) is 0 Å². The van der Waals surface area contributed by atoms with E-state index in [4.69, 9.17) is 4.74 Å². The fourth-order valence-electron chi connectivity index (χ4n) is 1.70. The molecule has 2 rings (SSSR count). The number of halogens is 1. The molecule has 0 saturated heterocycles. The van der Waals surface area contributed by atoms with Gasteiger partial charge < -0.3 is 10.1 Å². The van der Waals surface area contributed by atoms with Gasteiger partial charge in [-0.05, 0) is 48.9 Å². The molecule has 0 spiro atoms. The highest BCUT2D eigenvalue weighted by Crippen LogP contribution is 2.15. The topological polar surface area (TPSA) is 55.4 Å². The fraction of sp³-hybridized carbons (Fsp3) is 0.125. The van der Waals surface area contributed by atoms with Crippen LogP contribution >= 0.6 is 0 Å². The zero-order valence-electron chi connectivity index (χ0n) is 11.4. The van der Waals surface area contributed by atoms with Crippen molar-refractivity contribution in [3.8, 4) is 5.75 Å². The lowest BCUT2D eigenvalue weighted by Gasteiger charge is -2.08. The molecule has 0 atom stereocenters. The van der Waals surface area contributed by atoms with Crippen LogP contribution in [0.3, 0.4) is 0 Å². The average molecular weight is 287 g/mol. The number of carbonyl (C=O) groups is 2. The lowest BCUT2D eigenvalue weighted by molar-refractivity contribution is -0.118. The number of anilines is 1. The predicted molar refractivity (Wildman–Crippen MR) is 77.1 cm³/mol. The molecule has 0 aliphatic carbocycles. The summed E-state index contributed by atoms with van der Waals surface area (Å²) >= 11 is 0. The van der Waals surface area contributed by atoms with Crippen LogP contribution in [0.15, 0.2) is 42.5 Å². The van der Waals surface area contributed by atoms with Crippen LogP contribution in [-0.4, -0.2) is 18.8 Å². The Bertz CT molecular complexity index is 653. The summed E-state index contributed by atoms with van der Waals surface area (Å²) in [6.07, 6.45) is 0.719. The Morgan fingerprint density at radius 2 is 1.95 bits per heavy atom. The molecule has 0 fully saturated rings. The number of benzene rings is 2. The summed E-state index contributed by atoms with van der Waals surface area (Å²) in [5.74, 6) is -0.490. The number of ether oxygens (including phenoxy) is 1. The molecule has 1 amide bonds. The van der Waals surface area contributed by atoms with Crippen LogP contribution < -0.4 is 10.1 Å². The summed E-state index contributed by atoms with van der Waals surface area (Å²) in [4.78, 5) is 22.2. The minimum atomic E-state index is -0.487. The van der Waals surface area contributed by atoms with Gasteiger partial charge in [-0.1, -0.05) is 6.07 Å². The quantitative estimate of drug-likeness (QED) is 0.860. The average Bonchev–Trinajstić information content (AvgIpc) is 2.48. The van der Waals surface area contributed by atoms with Gasteiger partial charge >= 0.3 is 0 Å². The maximum atomic E-state index is 13.6. The third-order valence-corrected chi connectivity index (χ3v) is 2.78. The van der Waals surface area contributed by atoms with Crippen LogP contribution in [0.5, 0.6) is 5.75 Å². The van der Waals surface area contributed by atoms with Crippen molar-refractivity contribution in [3.63, 3.8) is 0 Å². The van der Waals surface area contributed by atoms with Crippen LogP contribution in [-0.2, 0) is 4.79 Å². The lowest BCUT2D eigenvalue weighted by atomic mass is 10.2. The number of hydrogen-bond acceptors (Lipinski definition) is 3. The van der Waals surface area contributed by atoms with E-state index in [0.29, 0.717) is 11.3 Å². The molecule has 0 bridgehead atoms. The Labute approximate surface area is 121 Å². The molecule has 0 saturated carbocycles. The predicted octanol–water partition coefficient (Wildman–Crippen LogP) is 2.96. The standard InChI is InChI=1S/C16H14FNO3/c1-11-2-7-15(14(17)8-11)18-16(20)10-21-13-5-3-12(9-19)4-6-13/h2-9H,10H2,1H3,(H,18,20). The molecule has 2 aromatic rings. The van der Waals surface area contributed by atoms with Crippen molar-refractivity contribution in [2.24, 2.45) is 0 Å². The SMILES string of the molecule is Cc1ccc(NC(=O)COc2ccc(C=O)cc2)c(F)c1. The van der Waals surface area contributed by atoms with Gasteiger partial charge in [0.25, 0.3) is 5.91 Å². The number of nitrogens with one attached hydrogen (secondary N) is 1. The van der Waals surface area contributed by atoms with Gasteiger partial charge in [0.2, 0.25) is 0 Å². The van der Waals surface area contributed by atoms with E-state index < -0.39 is 11.7 Å². The van der Waals surface area contributed by atoms with E-state index in [1.807, 2.05) is 0 Å². The second-order valence-electron chi connectivity index (χ2n) is 4.51. The summed E-state index contributed by atoms with van der Waals surface area (Å²) in [7, 11) is 0. The van der Waals surface area contributed by atoms with Crippen LogP contribution in [0.4, 0.5) is 10.1 Å². The Morgan fingerprint density at radius 3 is 2.57 bits per heavy atom. The third kappa shape index (κ3) is 4.14. The van der Waals surface area contributed by atoms with Crippen LogP contribution in [0.1, 0.15) is 15.9 Å². The highest BCUT2D eigenvalue weighted by Gasteiger charge is 2.08. The van der Waals surface area contributed by atoms with E-state index in [-0.39, 0.29) is 12.3 Å². The second kappa shape index (κ2) is 6.65. The van der Waals surface area contributed by atoms with E-state index in [0.717, 1.165) is 11.8 Å². The van der Waals surface area contributed by atoms with Crippen molar-refractivity contribution in [3.05, 3.63) is 59.4 Å². The van der Waals surface area contributed by atoms with Crippen molar-refractivity contribution in [1.82, 2.24) is 0 Å². The summed E-state index contributed by atoms with van der Waals surface area (Å²) in [6.45, 7) is 1.52. The molecule has 0 aliphatic rings. The number of amides is 1. The fourth-order valence-corrected chi connectivity index (χ4v) is 1.70.